The highest BCUT2D eigenvalue weighted by molar-refractivity contribution is 7.22. The van der Waals surface area contributed by atoms with Gasteiger partial charge in [0, 0.05) is 16.7 Å². The lowest BCUT2D eigenvalue weighted by atomic mass is 9.75. The molecule has 3 aliphatic rings. The van der Waals surface area contributed by atoms with E-state index in [4.69, 9.17) is 14.2 Å². The average molecular weight is 1670 g/mol. The average Bonchev–Trinajstić information content (AvgIpc) is 1.53. The molecule has 0 aliphatic carbocycles. The Balaban J connectivity index is 0.000000183. The van der Waals surface area contributed by atoms with Gasteiger partial charge in [0.25, 0.3) is 0 Å². The Morgan fingerprint density at radius 1 is 0.402 bits per heavy atom. The molecule has 0 aromatic heterocycles. The van der Waals surface area contributed by atoms with Gasteiger partial charge in [-0.15, -0.1) is 13.2 Å². The van der Waals surface area contributed by atoms with Gasteiger partial charge in [0.1, 0.15) is 31.1 Å². The summed E-state index contributed by atoms with van der Waals surface area (Å²) in [5, 5.41) is 8.77. The van der Waals surface area contributed by atoms with Crippen molar-refractivity contribution in [3.05, 3.63) is 322 Å². The van der Waals surface area contributed by atoms with E-state index in [9.17, 15) is 8.78 Å². The summed E-state index contributed by atoms with van der Waals surface area (Å²) in [6, 6.07) is 77.6. The zero-order valence-corrected chi connectivity index (χ0v) is 77.8. The molecule has 3 aliphatic heterocycles. The molecule has 3 heterocycles. The van der Waals surface area contributed by atoms with Gasteiger partial charge in [0.2, 0.25) is 0 Å². The van der Waals surface area contributed by atoms with E-state index in [0.717, 1.165) is 134 Å². The van der Waals surface area contributed by atoms with Crippen molar-refractivity contribution < 1.29 is 27.4 Å². The van der Waals surface area contributed by atoms with Crippen LogP contribution in [0.1, 0.15) is 263 Å². The van der Waals surface area contributed by atoms with Crippen LogP contribution in [0.25, 0.3) is 39.2 Å². The van der Waals surface area contributed by atoms with E-state index in [1.54, 1.807) is 0 Å². The first-order chi connectivity index (χ1) is 59.4. The molecular weight excluding hydrogens is 1530 g/mol. The SMILES string of the molecule is C/C(CCC1(c2ccccc2)Oc2cc(C)ccc2-c2ccc(C)cc21)=C(/F)c1ccccc1.C=CCCCOc1cc2c(cc1C)[Si](c1ccc(CCCCCC)cc1)(c1ccc(CCCCCC)cc1)c1cc(C)c(OCCCC=C)cc1-2.CCCCCC/C(F)=C/CC[Si]1(CC/C=C(\F)CCCCCC)c2cc(C)ccc2-c2ccc(C)cc21. The molecule has 10 aromatic carbocycles. The van der Waals surface area contributed by atoms with Gasteiger partial charge in [0.05, 0.1) is 24.9 Å². The molecule has 0 saturated carbocycles. The minimum atomic E-state index is -2.69. The highest BCUT2D eigenvalue weighted by Crippen LogP contribution is 2.52. The largest absolute Gasteiger partial charge is 0.493 e. The van der Waals surface area contributed by atoms with E-state index in [1.807, 2.05) is 67.6 Å². The second kappa shape index (κ2) is 46.3. The number of hydrogen-bond acceptors (Lipinski definition) is 3. The number of rotatable bonds is 43. The smallest absolute Gasteiger partial charge is 0.180 e. The molecule has 3 nitrogen and oxygen atoms in total. The summed E-state index contributed by atoms with van der Waals surface area (Å²) in [6.07, 6.45) is 36.7. The number of fused-ring (bicyclic) bond motifs is 9. The molecule has 0 radical (unpaired) electrons. The number of aryl methyl sites for hydroxylation is 8. The second-order valence-electron chi connectivity index (χ2n) is 35.1. The van der Waals surface area contributed by atoms with Gasteiger partial charge in [-0.25, -0.2) is 13.2 Å². The maximum absolute atomic E-state index is 15.3. The number of halogens is 3. The van der Waals surface area contributed by atoms with E-state index in [-0.39, 0.29) is 17.5 Å². The number of benzene rings is 10. The molecule has 13 rings (SSSR count). The Labute approximate surface area is 735 Å². The summed E-state index contributed by atoms with van der Waals surface area (Å²) in [5.41, 5.74) is 20.6. The van der Waals surface area contributed by atoms with Crippen LogP contribution in [0.2, 0.25) is 12.1 Å². The molecule has 0 fully saturated rings. The molecule has 122 heavy (non-hydrogen) atoms. The van der Waals surface area contributed by atoms with E-state index in [1.165, 1.54) is 175 Å². The third kappa shape index (κ3) is 23.1. The third-order valence-electron chi connectivity index (χ3n) is 25.7. The van der Waals surface area contributed by atoms with E-state index in [0.29, 0.717) is 44.5 Å². The van der Waals surface area contributed by atoms with Gasteiger partial charge in [0.15, 0.2) is 13.7 Å². The lowest BCUT2D eigenvalue weighted by Crippen LogP contribution is -2.73. The monoisotopic (exact) mass is 1670 g/mol. The number of ether oxygens (including phenoxy) is 3. The molecule has 1 unspecified atom stereocenters. The normalized spacial score (nSPS) is 14.6. The Hall–Kier alpha value is -9.48. The molecule has 0 saturated heterocycles. The van der Waals surface area contributed by atoms with Gasteiger partial charge >= 0.3 is 0 Å². The van der Waals surface area contributed by atoms with Crippen LogP contribution in [0.5, 0.6) is 17.2 Å². The topological polar surface area (TPSA) is 27.7 Å². The van der Waals surface area contributed by atoms with Crippen LogP contribution in [0.3, 0.4) is 0 Å². The molecule has 0 bridgehead atoms. The zero-order chi connectivity index (χ0) is 86.4. The van der Waals surface area contributed by atoms with Crippen LogP contribution < -0.4 is 45.3 Å². The minimum Gasteiger partial charge on any atom is -0.493 e. The molecule has 0 N–H and O–H groups in total. The number of unbranched alkanes of at least 4 members (excludes halogenated alkanes) is 14. The van der Waals surface area contributed by atoms with Crippen LogP contribution in [-0.4, -0.2) is 29.4 Å². The Morgan fingerprint density at radius 3 is 1.29 bits per heavy atom. The predicted octanol–water partition coefficient (Wildman–Crippen LogP) is 29.7. The van der Waals surface area contributed by atoms with Crippen molar-refractivity contribution in [3.63, 3.8) is 0 Å². The van der Waals surface area contributed by atoms with E-state index in [2.05, 4.69) is 252 Å². The third-order valence-corrected chi connectivity index (χ3v) is 35.7. The predicted molar refractivity (Wildman–Crippen MR) is 524 cm³/mol. The fourth-order valence-corrected chi connectivity index (χ4v) is 29.5. The van der Waals surface area contributed by atoms with Gasteiger partial charge in [-0.3, -0.25) is 0 Å². The Bertz CT molecular complexity index is 4930. The Kier molecular flexibility index (Phi) is 35.4. The van der Waals surface area contributed by atoms with Crippen molar-refractivity contribution >= 4 is 53.1 Å². The molecular formula is C114H139F3O3Si2. The summed E-state index contributed by atoms with van der Waals surface area (Å²) >= 11 is 0. The maximum atomic E-state index is 15.3. The molecule has 0 spiro atoms. The number of allylic oxidation sites excluding steroid dienone is 7. The van der Waals surface area contributed by atoms with Crippen molar-refractivity contribution in [1.82, 2.24) is 0 Å². The fourth-order valence-electron chi connectivity index (χ4n) is 18.8. The van der Waals surface area contributed by atoms with Crippen molar-refractivity contribution in [2.75, 3.05) is 13.2 Å². The first-order valence-corrected chi connectivity index (χ1v) is 51.0. The van der Waals surface area contributed by atoms with Crippen LogP contribution in [0.15, 0.2) is 261 Å². The van der Waals surface area contributed by atoms with Crippen molar-refractivity contribution in [3.8, 4) is 50.6 Å². The van der Waals surface area contributed by atoms with E-state index < -0.39 is 21.7 Å². The Morgan fingerprint density at radius 2 is 0.828 bits per heavy atom. The zero-order valence-electron chi connectivity index (χ0n) is 75.8. The van der Waals surface area contributed by atoms with Crippen LogP contribution in [0.4, 0.5) is 13.2 Å². The summed E-state index contributed by atoms with van der Waals surface area (Å²) in [7, 11) is -4.87. The number of hydrogen-bond donors (Lipinski definition) is 0. The van der Waals surface area contributed by atoms with Gasteiger partial charge in [-0.2, -0.15) is 0 Å². The quantitative estimate of drug-likeness (QED) is 0.0217. The van der Waals surface area contributed by atoms with Crippen LogP contribution >= 0.6 is 0 Å². The van der Waals surface area contributed by atoms with Crippen molar-refractivity contribution in [1.29, 1.82) is 0 Å². The lowest BCUT2D eigenvalue weighted by molar-refractivity contribution is 0.0974. The summed E-state index contributed by atoms with van der Waals surface area (Å²) in [4.78, 5) is 0. The van der Waals surface area contributed by atoms with Crippen molar-refractivity contribution in [2.45, 2.75) is 274 Å². The summed E-state index contributed by atoms with van der Waals surface area (Å²) in [5.74, 6) is 2.78. The fraction of sp³-hybridized carbons (Fsp3) is 0.386. The highest BCUT2D eigenvalue weighted by atomic mass is 28.3. The second-order valence-corrected chi connectivity index (χ2v) is 43.1. The molecule has 1 atom stereocenters. The van der Waals surface area contributed by atoms with Crippen LogP contribution in [0, 0.1) is 41.5 Å². The van der Waals surface area contributed by atoms with Crippen molar-refractivity contribution in [2.24, 2.45) is 0 Å². The van der Waals surface area contributed by atoms with E-state index >= 15 is 4.39 Å². The lowest BCUT2D eigenvalue weighted by Gasteiger charge is -2.41. The first-order valence-electron chi connectivity index (χ1n) is 46.6. The molecule has 10 aromatic rings. The highest BCUT2D eigenvalue weighted by Gasteiger charge is 2.50. The minimum absolute atomic E-state index is 0.0465. The first kappa shape index (κ1) is 93.2. The molecule has 642 valence electrons. The summed E-state index contributed by atoms with van der Waals surface area (Å²) in [6.45, 7) is 33.0. The van der Waals surface area contributed by atoms with Gasteiger partial charge in [-0.05, 0) is 279 Å². The molecule has 8 heteroatoms. The van der Waals surface area contributed by atoms with Gasteiger partial charge < -0.3 is 14.2 Å². The summed E-state index contributed by atoms with van der Waals surface area (Å²) < 4.78 is 64.6. The maximum Gasteiger partial charge on any atom is 0.180 e. The van der Waals surface area contributed by atoms with Crippen LogP contribution in [-0.2, 0) is 18.4 Å². The standard InChI is InChI=1S/C48H62O2Si.C34H48F2Si.C32H29FO/c1-7-11-15-17-21-39-23-27-41(28-24-39)51(42-29-25-40(26-30-42)22-18-16-12-8-2)47-33-37(5)45(49-31-19-13-9-3)35-43(47)44-36-46(38(6)34-48(44)51)50-32-20-14-10-4;1-5-7-9-11-15-29(35)17-13-23-37(24-14-18-30(36)16-12-10-8-6-2)33-25-27(3)19-21-31(33)32-22-20-28(4)26-34(32)37;1-22-14-16-27-28-17-15-23(2)21-30(28)34-32(29(27)20-22,26-12-8-5-9-13-26)19-18-24(3)31(33)25-10-6-4-7-11-25/h9-10,23-30,33-36H,3-4,7-8,11-22,31-32H2,1-2,5-6H3;17-22,25-26H,5-16,23-24H2,1-4H3;4-17,20-21H,18-19H2,1-3H3/b;29-17-,30-18-;31-24-. The van der Waals surface area contributed by atoms with Gasteiger partial charge in [-0.1, -0.05) is 334 Å². The molecule has 0 amide bonds.